The van der Waals surface area contributed by atoms with Crippen LogP contribution in [-0.4, -0.2) is 21.8 Å². The fraction of sp³-hybridized carbons (Fsp3) is 0.350. The van der Waals surface area contributed by atoms with Crippen LogP contribution in [0.25, 0.3) is 0 Å². The van der Waals surface area contributed by atoms with E-state index in [9.17, 15) is 22.8 Å². The molecule has 2 aliphatic rings. The second-order valence-corrected chi connectivity index (χ2v) is 7.25. The molecule has 29 heavy (non-hydrogen) atoms. The lowest BCUT2D eigenvalue weighted by Crippen LogP contribution is -2.59. The van der Waals surface area contributed by atoms with E-state index in [4.69, 9.17) is 0 Å². The highest BCUT2D eigenvalue weighted by Crippen LogP contribution is 2.44. The number of fused-ring (bicyclic) bond motifs is 1. The molecular formula is C20H17F3N4O2. The third-order valence-electron chi connectivity index (χ3n) is 4.87. The number of aromatic nitrogens is 2. The molecule has 1 fully saturated rings. The Balaban J connectivity index is 1.77. The molecule has 0 bridgehead atoms. The first-order chi connectivity index (χ1) is 13.7. The molecule has 1 aromatic carbocycles. The maximum atomic E-state index is 14.1. The van der Waals surface area contributed by atoms with Gasteiger partial charge in [-0.1, -0.05) is 24.0 Å². The van der Waals surface area contributed by atoms with Crippen molar-refractivity contribution in [2.24, 2.45) is 5.92 Å². The predicted octanol–water partition coefficient (Wildman–Crippen LogP) is 2.91. The van der Waals surface area contributed by atoms with Gasteiger partial charge in [0.2, 0.25) is 5.54 Å². The molecule has 1 aromatic heterocycles. The zero-order valence-electron chi connectivity index (χ0n) is 15.4. The molecule has 0 radical (unpaired) electrons. The average Bonchev–Trinajstić information content (AvgIpc) is 3.45. The van der Waals surface area contributed by atoms with E-state index in [1.807, 2.05) is 5.32 Å². The summed E-state index contributed by atoms with van der Waals surface area (Å²) in [6.07, 6.45) is -1.91. The normalized spacial score (nSPS) is 20.8. The predicted molar refractivity (Wildman–Crippen MR) is 99.2 cm³/mol. The molecule has 1 saturated carbocycles. The van der Waals surface area contributed by atoms with Gasteiger partial charge >= 0.3 is 12.2 Å². The van der Waals surface area contributed by atoms with Crippen LogP contribution in [0.3, 0.4) is 0 Å². The lowest BCUT2D eigenvalue weighted by atomic mass is 9.85. The summed E-state index contributed by atoms with van der Waals surface area (Å²) in [4.78, 5) is 28.2. The number of amides is 2. The van der Waals surface area contributed by atoms with Crippen LogP contribution >= 0.6 is 0 Å². The van der Waals surface area contributed by atoms with E-state index >= 15 is 0 Å². The average molecular weight is 402 g/mol. The first-order valence-electron chi connectivity index (χ1n) is 9.03. The summed E-state index contributed by atoms with van der Waals surface area (Å²) in [5.74, 6) is 4.87. The van der Waals surface area contributed by atoms with Crippen molar-refractivity contribution in [3.63, 3.8) is 0 Å². The van der Waals surface area contributed by atoms with Gasteiger partial charge in [0.15, 0.2) is 0 Å². The first-order valence-corrected chi connectivity index (χ1v) is 9.03. The number of hydrogen-bond acceptors (Lipinski definition) is 3. The zero-order chi connectivity index (χ0) is 20.8. The third-order valence-corrected chi connectivity index (χ3v) is 4.87. The molecule has 2 amide bonds. The number of halogens is 3. The van der Waals surface area contributed by atoms with Crippen molar-refractivity contribution < 1.29 is 18.0 Å². The van der Waals surface area contributed by atoms with Crippen LogP contribution in [0.1, 0.15) is 29.7 Å². The second kappa shape index (κ2) is 6.65. The summed E-state index contributed by atoms with van der Waals surface area (Å²) in [5, 5.41) is 4.40. The molecule has 1 aliphatic carbocycles. The Morgan fingerprint density at radius 1 is 1.28 bits per heavy atom. The van der Waals surface area contributed by atoms with E-state index in [0.29, 0.717) is 11.3 Å². The van der Waals surface area contributed by atoms with E-state index in [0.717, 1.165) is 12.8 Å². The number of nitrogens with zero attached hydrogens (tertiary/aromatic N) is 2. The molecule has 1 atom stereocenters. The standard InChI is InChI=1S/C20H17F3N4O2/c1-12-8-17(28)27(11-24-12)10-14-4-5-15-16(9-14)25-18(29)26-19(15,20(21,22)23)7-6-13-2-3-13/h4-5,8-9,11,13H,2-3,10H2,1H3,(H2,25,26,29). The van der Waals surface area contributed by atoms with Crippen LogP contribution in [0, 0.1) is 24.7 Å². The van der Waals surface area contributed by atoms with E-state index in [1.165, 1.54) is 35.2 Å². The largest absolute Gasteiger partial charge is 0.427 e. The Morgan fingerprint density at radius 3 is 2.69 bits per heavy atom. The highest BCUT2D eigenvalue weighted by molar-refractivity contribution is 5.95. The van der Waals surface area contributed by atoms with Crippen LogP contribution in [0.5, 0.6) is 0 Å². The molecule has 1 unspecified atom stereocenters. The zero-order valence-corrected chi connectivity index (χ0v) is 15.4. The Labute approximate surface area is 164 Å². The van der Waals surface area contributed by atoms with Gasteiger partial charge in [-0.25, -0.2) is 9.78 Å². The lowest BCUT2D eigenvalue weighted by molar-refractivity contribution is -0.178. The molecule has 150 valence electrons. The molecular weight excluding hydrogens is 385 g/mol. The van der Waals surface area contributed by atoms with Gasteiger partial charge in [0.05, 0.1) is 12.9 Å². The minimum atomic E-state index is -4.80. The van der Waals surface area contributed by atoms with Gasteiger partial charge in [-0.2, -0.15) is 13.2 Å². The van der Waals surface area contributed by atoms with Gasteiger partial charge in [-0.3, -0.25) is 9.36 Å². The van der Waals surface area contributed by atoms with Gasteiger partial charge in [0.1, 0.15) is 0 Å². The number of nitrogens with one attached hydrogen (secondary N) is 2. The van der Waals surface area contributed by atoms with E-state index < -0.39 is 17.7 Å². The fourth-order valence-electron chi connectivity index (χ4n) is 3.17. The Kier molecular flexibility index (Phi) is 4.37. The quantitative estimate of drug-likeness (QED) is 0.759. The maximum Gasteiger partial charge on any atom is 0.427 e. The van der Waals surface area contributed by atoms with Gasteiger partial charge in [-0.05, 0) is 31.4 Å². The number of rotatable bonds is 2. The molecule has 1 aliphatic heterocycles. The maximum absolute atomic E-state index is 14.1. The Hall–Kier alpha value is -3.28. The van der Waals surface area contributed by atoms with E-state index in [1.54, 1.807) is 6.92 Å². The van der Waals surface area contributed by atoms with Crippen molar-refractivity contribution in [1.82, 2.24) is 14.9 Å². The van der Waals surface area contributed by atoms with Gasteiger partial charge in [-0.15, -0.1) is 0 Å². The van der Waals surface area contributed by atoms with Crippen molar-refractivity contribution in [1.29, 1.82) is 0 Å². The molecule has 2 heterocycles. The molecule has 4 rings (SSSR count). The van der Waals surface area contributed by atoms with Crippen LogP contribution < -0.4 is 16.2 Å². The minimum absolute atomic E-state index is 0.0155. The molecule has 6 nitrogen and oxygen atoms in total. The molecule has 2 N–H and O–H groups in total. The van der Waals surface area contributed by atoms with Crippen molar-refractivity contribution >= 4 is 11.7 Å². The number of urea groups is 1. The lowest BCUT2D eigenvalue weighted by Gasteiger charge is -2.37. The summed E-state index contributed by atoms with van der Waals surface area (Å²) in [6.45, 7) is 1.79. The number of carbonyl (C=O) groups excluding carboxylic acids is 1. The number of carbonyl (C=O) groups is 1. The summed E-state index contributed by atoms with van der Waals surface area (Å²) < 4.78 is 43.5. The summed E-state index contributed by atoms with van der Waals surface area (Å²) in [6, 6.07) is 4.60. The molecule has 0 spiro atoms. The Morgan fingerprint density at radius 2 is 2.03 bits per heavy atom. The number of aryl methyl sites for hydroxylation is 1. The summed E-state index contributed by atoms with van der Waals surface area (Å²) >= 11 is 0. The SMILES string of the molecule is Cc1cc(=O)n(Cc2ccc3c(c2)NC(=O)NC3(C#CC2CC2)C(F)(F)F)cn1. The monoisotopic (exact) mass is 402 g/mol. The first kappa shape index (κ1) is 19.1. The van der Waals surface area contributed by atoms with Gasteiger partial charge < -0.3 is 10.6 Å². The third kappa shape index (κ3) is 3.58. The molecule has 2 aromatic rings. The minimum Gasteiger partial charge on any atom is -0.310 e. The van der Waals surface area contributed by atoms with Crippen LogP contribution in [-0.2, 0) is 12.1 Å². The van der Waals surface area contributed by atoms with E-state index in [2.05, 4.69) is 22.1 Å². The number of anilines is 1. The summed E-state index contributed by atoms with van der Waals surface area (Å²) in [7, 11) is 0. The van der Waals surface area contributed by atoms with Crippen LogP contribution in [0.4, 0.5) is 23.7 Å². The molecule has 9 heteroatoms. The van der Waals surface area contributed by atoms with Crippen molar-refractivity contribution in [3.05, 3.63) is 57.8 Å². The highest BCUT2D eigenvalue weighted by Gasteiger charge is 2.59. The number of hydrogen-bond donors (Lipinski definition) is 2. The second-order valence-electron chi connectivity index (χ2n) is 7.25. The van der Waals surface area contributed by atoms with Crippen molar-refractivity contribution in [3.8, 4) is 11.8 Å². The molecule has 0 saturated heterocycles. The topological polar surface area (TPSA) is 76.0 Å². The Bertz CT molecular complexity index is 1110. The highest BCUT2D eigenvalue weighted by atomic mass is 19.4. The smallest absolute Gasteiger partial charge is 0.310 e. The van der Waals surface area contributed by atoms with Crippen molar-refractivity contribution in [2.75, 3.05) is 5.32 Å². The fourth-order valence-corrected chi connectivity index (χ4v) is 3.17. The number of benzene rings is 1. The van der Waals surface area contributed by atoms with Crippen LogP contribution in [0.2, 0.25) is 0 Å². The van der Waals surface area contributed by atoms with Crippen LogP contribution in [0.15, 0.2) is 35.4 Å². The van der Waals surface area contributed by atoms with Gasteiger partial charge in [0, 0.05) is 28.9 Å². The number of alkyl halides is 3. The summed E-state index contributed by atoms with van der Waals surface area (Å²) in [5.41, 5.74) is -2.09. The van der Waals surface area contributed by atoms with Crippen molar-refractivity contribution in [2.45, 2.75) is 38.0 Å². The van der Waals surface area contributed by atoms with E-state index in [-0.39, 0.29) is 29.3 Å². The van der Waals surface area contributed by atoms with Gasteiger partial charge in [0.25, 0.3) is 5.56 Å².